The maximum Gasteiger partial charge on any atom is 0.268 e. The molecule has 0 aliphatic rings. The average molecular weight is 372 g/mol. The quantitative estimate of drug-likeness (QED) is 0.634. The predicted molar refractivity (Wildman–Crippen MR) is 97.8 cm³/mol. The largest absolute Gasteiger partial charge is 0.347 e. The van der Waals surface area contributed by atoms with Crippen molar-refractivity contribution in [2.24, 2.45) is 0 Å². The minimum absolute atomic E-state index is 0.0614. The molecule has 0 saturated carbocycles. The van der Waals surface area contributed by atoms with Crippen LogP contribution in [0.1, 0.15) is 26.4 Å². The molecule has 0 aliphatic carbocycles. The molecule has 3 aromatic rings. The van der Waals surface area contributed by atoms with Gasteiger partial charge in [-0.05, 0) is 30.3 Å². The van der Waals surface area contributed by atoms with Crippen LogP contribution in [0.4, 0.5) is 10.2 Å². The number of H-pyrrole nitrogens is 1. The summed E-state index contributed by atoms with van der Waals surface area (Å²) in [6, 6.07) is 15.9. The number of nitrogens with one attached hydrogen (secondary N) is 3. The zero-order valence-electron chi connectivity index (χ0n) is 13.6. The van der Waals surface area contributed by atoms with E-state index in [1.54, 1.807) is 48.5 Å². The SMILES string of the molecule is O=C(NCc1ccccc1F)c1ccc(NC(=O)c2ccccc2Cl)[nH]1. The first kappa shape index (κ1) is 17.7. The summed E-state index contributed by atoms with van der Waals surface area (Å²) in [5, 5.41) is 5.59. The molecule has 0 spiro atoms. The number of anilines is 1. The number of hydrogen-bond donors (Lipinski definition) is 3. The van der Waals surface area contributed by atoms with Gasteiger partial charge < -0.3 is 15.6 Å². The third-order valence-corrected chi connectivity index (χ3v) is 4.02. The molecule has 1 aromatic heterocycles. The van der Waals surface area contributed by atoms with E-state index >= 15 is 0 Å². The smallest absolute Gasteiger partial charge is 0.268 e. The summed E-state index contributed by atoms with van der Waals surface area (Å²) < 4.78 is 13.6. The van der Waals surface area contributed by atoms with Gasteiger partial charge in [0.2, 0.25) is 0 Å². The van der Waals surface area contributed by atoms with Crippen LogP contribution in [0.25, 0.3) is 0 Å². The highest BCUT2D eigenvalue weighted by Gasteiger charge is 2.13. The highest BCUT2D eigenvalue weighted by Crippen LogP contribution is 2.17. The molecule has 5 nitrogen and oxygen atoms in total. The fourth-order valence-corrected chi connectivity index (χ4v) is 2.57. The van der Waals surface area contributed by atoms with E-state index in [1.807, 2.05) is 0 Å². The third-order valence-electron chi connectivity index (χ3n) is 3.69. The molecule has 0 radical (unpaired) electrons. The van der Waals surface area contributed by atoms with Gasteiger partial charge in [-0.3, -0.25) is 9.59 Å². The van der Waals surface area contributed by atoms with E-state index in [2.05, 4.69) is 15.6 Å². The molecule has 1 heterocycles. The van der Waals surface area contributed by atoms with Gasteiger partial charge in [0.1, 0.15) is 17.3 Å². The van der Waals surface area contributed by atoms with Gasteiger partial charge in [0.25, 0.3) is 11.8 Å². The van der Waals surface area contributed by atoms with E-state index < -0.39 is 11.8 Å². The Morgan fingerprint density at radius 1 is 0.962 bits per heavy atom. The first-order valence-electron chi connectivity index (χ1n) is 7.81. The highest BCUT2D eigenvalue weighted by molar-refractivity contribution is 6.34. The predicted octanol–water partition coefficient (Wildman–Crippen LogP) is 3.99. The monoisotopic (exact) mass is 371 g/mol. The second-order valence-electron chi connectivity index (χ2n) is 5.49. The first-order valence-corrected chi connectivity index (χ1v) is 8.19. The van der Waals surface area contributed by atoms with E-state index in [1.165, 1.54) is 12.1 Å². The zero-order valence-corrected chi connectivity index (χ0v) is 14.3. The number of hydrogen-bond acceptors (Lipinski definition) is 2. The maximum absolute atomic E-state index is 13.6. The number of amides is 2. The molecule has 0 fully saturated rings. The molecule has 2 amide bonds. The zero-order chi connectivity index (χ0) is 18.5. The molecule has 132 valence electrons. The van der Waals surface area contributed by atoms with Gasteiger partial charge in [-0.15, -0.1) is 0 Å². The van der Waals surface area contributed by atoms with E-state index in [0.29, 0.717) is 22.0 Å². The lowest BCUT2D eigenvalue weighted by Crippen LogP contribution is -2.23. The summed E-state index contributed by atoms with van der Waals surface area (Å²) in [5.74, 6) is -0.833. The Morgan fingerprint density at radius 3 is 2.46 bits per heavy atom. The van der Waals surface area contributed by atoms with Crippen LogP contribution in [-0.4, -0.2) is 16.8 Å². The van der Waals surface area contributed by atoms with Gasteiger partial charge in [0.15, 0.2) is 0 Å². The van der Waals surface area contributed by atoms with Crippen molar-refractivity contribution in [1.29, 1.82) is 0 Å². The third kappa shape index (κ3) is 4.10. The van der Waals surface area contributed by atoms with Crippen LogP contribution in [0.3, 0.4) is 0 Å². The van der Waals surface area contributed by atoms with Crippen LogP contribution in [0.2, 0.25) is 5.02 Å². The van der Waals surface area contributed by atoms with Gasteiger partial charge in [0.05, 0.1) is 10.6 Å². The van der Waals surface area contributed by atoms with Gasteiger partial charge in [-0.25, -0.2) is 4.39 Å². The summed E-state index contributed by atoms with van der Waals surface area (Å²) in [4.78, 5) is 27.2. The molecule has 0 bridgehead atoms. The van der Waals surface area contributed by atoms with E-state index in [0.717, 1.165) is 0 Å². The molecule has 0 atom stereocenters. The summed E-state index contributed by atoms with van der Waals surface area (Å²) in [6.45, 7) is 0.0614. The minimum atomic E-state index is -0.411. The van der Waals surface area contributed by atoms with Crippen LogP contribution in [-0.2, 0) is 6.54 Å². The average Bonchev–Trinajstić information content (AvgIpc) is 3.09. The lowest BCUT2D eigenvalue weighted by atomic mass is 10.2. The molecular weight excluding hydrogens is 357 g/mol. The molecule has 3 N–H and O–H groups in total. The Balaban J connectivity index is 1.62. The van der Waals surface area contributed by atoms with Gasteiger partial charge in [-0.2, -0.15) is 0 Å². The Hall–Kier alpha value is -3.12. The van der Waals surface area contributed by atoms with E-state index in [9.17, 15) is 14.0 Å². The summed E-state index contributed by atoms with van der Waals surface area (Å²) >= 11 is 5.99. The first-order chi connectivity index (χ1) is 12.5. The molecule has 2 aromatic carbocycles. The summed E-state index contributed by atoms with van der Waals surface area (Å²) in [5.41, 5.74) is 0.963. The summed E-state index contributed by atoms with van der Waals surface area (Å²) in [6.07, 6.45) is 0. The fraction of sp³-hybridized carbons (Fsp3) is 0.0526. The fourth-order valence-electron chi connectivity index (χ4n) is 2.35. The molecule has 0 aliphatic heterocycles. The van der Waals surface area contributed by atoms with Gasteiger partial charge >= 0.3 is 0 Å². The Labute approximate surface area is 154 Å². The van der Waals surface area contributed by atoms with Crippen molar-refractivity contribution in [2.75, 3.05) is 5.32 Å². The van der Waals surface area contributed by atoms with Crippen molar-refractivity contribution in [2.45, 2.75) is 6.54 Å². The molecule has 26 heavy (non-hydrogen) atoms. The Bertz CT molecular complexity index is 955. The number of carbonyl (C=O) groups is 2. The standard InChI is InChI=1S/C19H15ClFN3O2/c20-14-7-3-2-6-13(14)18(25)24-17-10-9-16(23-17)19(26)22-11-12-5-1-4-8-15(12)21/h1-10,23H,11H2,(H,22,26)(H,24,25). The number of carbonyl (C=O) groups excluding carboxylic acids is 2. The number of aromatic nitrogens is 1. The minimum Gasteiger partial charge on any atom is -0.347 e. The second-order valence-corrected chi connectivity index (χ2v) is 5.90. The van der Waals surface area contributed by atoms with Crippen LogP contribution in [0, 0.1) is 5.82 Å². The van der Waals surface area contributed by atoms with E-state index in [-0.39, 0.29) is 18.1 Å². The number of aromatic amines is 1. The summed E-state index contributed by atoms with van der Waals surface area (Å²) in [7, 11) is 0. The highest BCUT2D eigenvalue weighted by atomic mass is 35.5. The normalized spacial score (nSPS) is 10.4. The Kier molecular flexibility index (Phi) is 5.34. The van der Waals surface area contributed by atoms with Crippen LogP contribution in [0.5, 0.6) is 0 Å². The lowest BCUT2D eigenvalue weighted by molar-refractivity contribution is 0.0944. The molecular formula is C19H15ClFN3O2. The number of halogens is 2. The molecule has 7 heteroatoms. The van der Waals surface area contributed by atoms with Crippen molar-refractivity contribution < 1.29 is 14.0 Å². The molecule has 0 saturated heterocycles. The molecule has 3 rings (SSSR count). The van der Waals surface area contributed by atoms with Crippen molar-refractivity contribution >= 4 is 29.2 Å². The van der Waals surface area contributed by atoms with Crippen molar-refractivity contribution in [1.82, 2.24) is 10.3 Å². The van der Waals surface area contributed by atoms with Crippen molar-refractivity contribution in [3.63, 3.8) is 0 Å². The maximum atomic E-state index is 13.6. The van der Waals surface area contributed by atoms with Crippen LogP contribution < -0.4 is 10.6 Å². The van der Waals surface area contributed by atoms with Crippen LogP contribution in [0.15, 0.2) is 60.7 Å². The lowest BCUT2D eigenvalue weighted by Gasteiger charge is -2.06. The second kappa shape index (κ2) is 7.84. The van der Waals surface area contributed by atoms with Crippen LogP contribution >= 0.6 is 11.6 Å². The molecule has 0 unspecified atom stereocenters. The van der Waals surface area contributed by atoms with Gasteiger partial charge in [-0.1, -0.05) is 41.9 Å². The Morgan fingerprint density at radius 2 is 1.69 bits per heavy atom. The topological polar surface area (TPSA) is 74.0 Å². The number of benzene rings is 2. The van der Waals surface area contributed by atoms with Crippen molar-refractivity contribution in [3.05, 3.63) is 88.3 Å². The van der Waals surface area contributed by atoms with E-state index in [4.69, 9.17) is 11.6 Å². The van der Waals surface area contributed by atoms with Crippen molar-refractivity contribution in [3.8, 4) is 0 Å². The van der Waals surface area contributed by atoms with Gasteiger partial charge in [0, 0.05) is 12.1 Å². The number of rotatable bonds is 5.